The van der Waals surface area contributed by atoms with Crippen molar-refractivity contribution in [1.29, 1.82) is 0 Å². The van der Waals surface area contributed by atoms with E-state index in [1.165, 1.54) is 17.9 Å². The highest BCUT2D eigenvalue weighted by Gasteiger charge is 2.21. The summed E-state index contributed by atoms with van der Waals surface area (Å²) >= 11 is 0. The lowest BCUT2D eigenvalue weighted by molar-refractivity contribution is 0.0849. The first-order chi connectivity index (χ1) is 11.7. The van der Waals surface area contributed by atoms with Crippen LogP contribution in [0.2, 0.25) is 0 Å². The lowest BCUT2D eigenvalue weighted by Gasteiger charge is -2.13. The lowest BCUT2D eigenvalue weighted by atomic mass is 10.2. The molecule has 1 atom stereocenters. The van der Waals surface area contributed by atoms with Gasteiger partial charge in [0.1, 0.15) is 0 Å². The molecule has 2 heterocycles. The molecule has 1 amide bonds. The van der Waals surface area contributed by atoms with Crippen molar-refractivity contribution in [3.8, 4) is 11.4 Å². The number of nitrogens with one attached hydrogen (secondary N) is 1. The van der Waals surface area contributed by atoms with E-state index in [-0.39, 0.29) is 23.1 Å². The fourth-order valence-electron chi connectivity index (χ4n) is 2.60. The predicted octanol–water partition coefficient (Wildman–Crippen LogP) is 1.15. The Balaban J connectivity index is 1.87. The Labute approximate surface area is 139 Å². The monoisotopic (exact) mass is 329 g/mol. The van der Waals surface area contributed by atoms with Gasteiger partial charge in [-0.2, -0.15) is 9.78 Å². The van der Waals surface area contributed by atoms with E-state index in [1.807, 2.05) is 6.07 Å². The summed E-state index contributed by atoms with van der Waals surface area (Å²) in [5, 5.41) is 6.98. The molecule has 7 heteroatoms. The molecule has 0 spiro atoms. The summed E-state index contributed by atoms with van der Waals surface area (Å²) in [5.74, 6) is -0.246. The van der Waals surface area contributed by atoms with Crippen LogP contribution in [-0.2, 0) is 4.74 Å². The number of rotatable bonds is 5. The predicted molar refractivity (Wildman–Crippen MR) is 87.7 cm³/mol. The van der Waals surface area contributed by atoms with Gasteiger partial charge in [0.15, 0.2) is 11.4 Å². The molecule has 2 aromatic rings. The molecule has 1 aromatic carbocycles. The minimum atomic E-state index is -0.396. The van der Waals surface area contributed by atoms with E-state index in [0.717, 1.165) is 19.4 Å². The zero-order chi connectivity index (χ0) is 16.9. The molecule has 1 aliphatic heterocycles. The summed E-state index contributed by atoms with van der Waals surface area (Å²) in [6.07, 6.45) is 1.95. The zero-order valence-corrected chi connectivity index (χ0v) is 13.4. The minimum absolute atomic E-state index is 0.0278. The highest BCUT2D eigenvalue weighted by molar-refractivity contribution is 5.94. The fourth-order valence-corrected chi connectivity index (χ4v) is 2.60. The average molecular weight is 329 g/mol. The molecule has 24 heavy (non-hydrogen) atoms. The van der Waals surface area contributed by atoms with Crippen LogP contribution < -0.4 is 15.6 Å². The van der Waals surface area contributed by atoms with Crippen molar-refractivity contribution in [3.63, 3.8) is 0 Å². The number of para-hydroxylation sites is 1. The van der Waals surface area contributed by atoms with Crippen molar-refractivity contribution in [3.05, 3.63) is 52.4 Å². The van der Waals surface area contributed by atoms with Crippen molar-refractivity contribution in [2.75, 3.05) is 20.3 Å². The van der Waals surface area contributed by atoms with Gasteiger partial charge < -0.3 is 14.8 Å². The normalized spacial score (nSPS) is 16.8. The molecule has 1 saturated heterocycles. The number of carbonyl (C=O) groups excluding carboxylic acids is 1. The summed E-state index contributed by atoms with van der Waals surface area (Å²) in [5.41, 5.74) is 0.283. The number of hydrogen-bond donors (Lipinski definition) is 1. The largest absolute Gasteiger partial charge is 0.494 e. The maximum atomic E-state index is 12.5. The Morgan fingerprint density at radius 2 is 2.21 bits per heavy atom. The molecule has 0 unspecified atom stereocenters. The molecule has 0 radical (unpaired) electrons. The van der Waals surface area contributed by atoms with Crippen LogP contribution in [0.4, 0.5) is 0 Å². The van der Waals surface area contributed by atoms with Gasteiger partial charge in [0, 0.05) is 13.2 Å². The second-order valence-electron chi connectivity index (χ2n) is 5.49. The quantitative estimate of drug-likeness (QED) is 0.890. The number of carbonyl (C=O) groups is 1. The molecule has 0 saturated carbocycles. The van der Waals surface area contributed by atoms with Crippen molar-refractivity contribution in [2.24, 2.45) is 0 Å². The van der Waals surface area contributed by atoms with Gasteiger partial charge in [0.2, 0.25) is 0 Å². The van der Waals surface area contributed by atoms with Crippen molar-refractivity contribution in [1.82, 2.24) is 15.1 Å². The number of amides is 1. The molecule has 1 aromatic heterocycles. The van der Waals surface area contributed by atoms with Crippen LogP contribution in [0.3, 0.4) is 0 Å². The summed E-state index contributed by atoms with van der Waals surface area (Å²) in [6, 6.07) is 10.2. The molecule has 126 valence electrons. The van der Waals surface area contributed by atoms with Gasteiger partial charge >= 0.3 is 0 Å². The first-order valence-corrected chi connectivity index (χ1v) is 7.82. The van der Waals surface area contributed by atoms with E-state index in [0.29, 0.717) is 12.2 Å². The number of aromatic nitrogens is 2. The first kappa shape index (κ1) is 16.2. The topological polar surface area (TPSA) is 82.5 Å². The first-order valence-electron chi connectivity index (χ1n) is 7.82. The van der Waals surface area contributed by atoms with E-state index >= 15 is 0 Å². The third-order valence-electron chi connectivity index (χ3n) is 3.85. The lowest BCUT2D eigenvalue weighted by Crippen LogP contribution is -2.34. The molecular weight excluding hydrogens is 310 g/mol. The fraction of sp³-hybridized carbons (Fsp3) is 0.353. The molecule has 1 aliphatic rings. The highest BCUT2D eigenvalue weighted by atomic mass is 16.5. The second-order valence-corrected chi connectivity index (χ2v) is 5.49. The van der Waals surface area contributed by atoms with Crippen LogP contribution in [0.5, 0.6) is 5.75 Å². The van der Waals surface area contributed by atoms with Crippen molar-refractivity contribution >= 4 is 5.91 Å². The third kappa shape index (κ3) is 3.46. The van der Waals surface area contributed by atoms with Gasteiger partial charge in [0.05, 0.1) is 25.0 Å². The Hall–Kier alpha value is -2.67. The minimum Gasteiger partial charge on any atom is -0.494 e. The number of methoxy groups -OCH3 is 1. The molecular formula is C17H19N3O4. The Morgan fingerprint density at radius 1 is 1.42 bits per heavy atom. The smallest absolute Gasteiger partial charge is 0.275 e. The van der Waals surface area contributed by atoms with Crippen molar-refractivity contribution in [2.45, 2.75) is 18.9 Å². The molecule has 3 rings (SSSR count). The number of nitrogens with zero attached hydrogens (tertiary/aromatic N) is 2. The van der Waals surface area contributed by atoms with E-state index in [9.17, 15) is 9.59 Å². The molecule has 0 bridgehead atoms. The maximum Gasteiger partial charge on any atom is 0.275 e. The standard InChI is InChI=1S/C17H19N3O4/c1-23-14-10-15(21)20(12-6-3-2-4-7-12)19-16(14)17(22)18-11-13-8-5-9-24-13/h2-4,6-7,10,13H,5,8-9,11H2,1H3,(H,18,22)/t13-/m1/s1. The number of hydrogen-bond acceptors (Lipinski definition) is 5. The molecule has 1 N–H and O–H groups in total. The number of ether oxygens (including phenoxy) is 2. The summed E-state index contributed by atoms with van der Waals surface area (Å²) in [4.78, 5) is 24.7. The molecule has 7 nitrogen and oxygen atoms in total. The maximum absolute atomic E-state index is 12.5. The van der Waals surface area contributed by atoms with E-state index in [2.05, 4.69) is 10.4 Å². The van der Waals surface area contributed by atoms with Gasteiger partial charge in [-0.25, -0.2) is 0 Å². The van der Waals surface area contributed by atoms with E-state index < -0.39 is 5.91 Å². The Kier molecular flexibility index (Phi) is 4.90. The van der Waals surface area contributed by atoms with Gasteiger partial charge in [-0.05, 0) is 25.0 Å². The van der Waals surface area contributed by atoms with Crippen molar-refractivity contribution < 1.29 is 14.3 Å². The summed E-state index contributed by atoms with van der Waals surface area (Å²) in [7, 11) is 1.40. The molecule has 0 aliphatic carbocycles. The van der Waals surface area contributed by atoms with Crippen LogP contribution in [0, 0.1) is 0 Å². The summed E-state index contributed by atoms with van der Waals surface area (Å²) in [6.45, 7) is 1.13. The average Bonchev–Trinajstić information content (AvgIpc) is 3.13. The highest BCUT2D eigenvalue weighted by Crippen LogP contribution is 2.15. The van der Waals surface area contributed by atoms with E-state index in [1.54, 1.807) is 24.3 Å². The zero-order valence-electron chi connectivity index (χ0n) is 13.4. The summed E-state index contributed by atoms with van der Waals surface area (Å²) < 4.78 is 11.8. The van der Waals surface area contributed by atoms with Gasteiger partial charge in [0.25, 0.3) is 11.5 Å². The van der Waals surface area contributed by atoms with Crippen LogP contribution in [-0.4, -0.2) is 42.1 Å². The Morgan fingerprint density at radius 3 is 2.88 bits per heavy atom. The SMILES string of the molecule is COc1cc(=O)n(-c2ccccc2)nc1C(=O)NC[C@H]1CCCO1. The Bertz CT molecular complexity index is 767. The van der Waals surface area contributed by atoms with Gasteiger partial charge in [-0.3, -0.25) is 9.59 Å². The van der Waals surface area contributed by atoms with Gasteiger partial charge in [-0.15, -0.1) is 0 Å². The molecule has 1 fully saturated rings. The van der Waals surface area contributed by atoms with Crippen LogP contribution in [0.15, 0.2) is 41.2 Å². The van der Waals surface area contributed by atoms with Crippen LogP contribution >= 0.6 is 0 Å². The third-order valence-corrected chi connectivity index (χ3v) is 3.85. The van der Waals surface area contributed by atoms with Gasteiger partial charge in [-0.1, -0.05) is 18.2 Å². The number of benzene rings is 1. The van der Waals surface area contributed by atoms with E-state index in [4.69, 9.17) is 9.47 Å². The van der Waals surface area contributed by atoms with Crippen LogP contribution in [0.1, 0.15) is 23.3 Å². The second kappa shape index (κ2) is 7.27. The van der Waals surface area contributed by atoms with Crippen LogP contribution in [0.25, 0.3) is 5.69 Å².